The predicted octanol–water partition coefficient (Wildman–Crippen LogP) is 3.36. The fraction of sp³-hybridized carbons (Fsp3) is 0.278. The van der Waals surface area contributed by atoms with Gasteiger partial charge < -0.3 is 4.90 Å². The molecule has 0 atom stereocenters. The van der Waals surface area contributed by atoms with Gasteiger partial charge in [-0.05, 0) is 25.1 Å². The van der Waals surface area contributed by atoms with E-state index in [2.05, 4.69) is 49.3 Å². The van der Waals surface area contributed by atoms with E-state index >= 15 is 0 Å². The highest BCUT2D eigenvalue weighted by Crippen LogP contribution is 2.28. The summed E-state index contributed by atoms with van der Waals surface area (Å²) in [6, 6.07) is 12.4. The number of aryl methyl sites for hydroxylation is 1. The van der Waals surface area contributed by atoms with Crippen LogP contribution in [0.2, 0.25) is 0 Å². The Hall–Kier alpha value is -2.34. The molecule has 3 heterocycles. The molecule has 0 amide bonds. The SMILES string of the molecule is Cc1nccc(N2CCc3[nH]nc(CSc4ccccc4)c3C2)n1. The van der Waals surface area contributed by atoms with Crippen LogP contribution in [0.5, 0.6) is 0 Å². The van der Waals surface area contributed by atoms with Crippen LogP contribution in [0, 0.1) is 6.92 Å². The van der Waals surface area contributed by atoms with Crippen LogP contribution in [0.15, 0.2) is 47.5 Å². The van der Waals surface area contributed by atoms with Crippen molar-refractivity contribution in [3.8, 4) is 0 Å². The Bertz CT molecular complexity index is 830. The largest absolute Gasteiger partial charge is 0.352 e. The molecule has 0 saturated heterocycles. The lowest BCUT2D eigenvalue weighted by Crippen LogP contribution is -2.31. The van der Waals surface area contributed by atoms with Crippen molar-refractivity contribution in [2.45, 2.75) is 30.5 Å². The number of nitrogens with zero attached hydrogens (tertiary/aromatic N) is 4. The first kappa shape index (κ1) is 15.2. The highest BCUT2D eigenvalue weighted by Gasteiger charge is 2.23. The lowest BCUT2D eigenvalue weighted by atomic mass is 10.1. The molecule has 0 radical (unpaired) electrons. The number of H-pyrrole nitrogens is 1. The monoisotopic (exact) mass is 337 g/mol. The zero-order valence-electron chi connectivity index (χ0n) is 13.6. The maximum atomic E-state index is 4.56. The molecule has 0 spiro atoms. The lowest BCUT2D eigenvalue weighted by Gasteiger charge is -2.28. The molecule has 122 valence electrons. The van der Waals surface area contributed by atoms with E-state index in [1.54, 1.807) is 0 Å². The van der Waals surface area contributed by atoms with E-state index in [-0.39, 0.29) is 0 Å². The van der Waals surface area contributed by atoms with Crippen molar-refractivity contribution in [1.29, 1.82) is 0 Å². The van der Waals surface area contributed by atoms with Gasteiger partial charge in [0.15, 0.2) is 0 Å². The first-order valence-corrected chi connectivity index (χ1v) is 9.05. The molecule has 0 bridgehead atoms. The van der Waals surface area contributed by atoms with E-state index in [0.717, 1.165) is 42.6 Å². The summed E-state index contributed by atoms with van der Waals surface area (Å²) in [5.74, 6) is 2.69. The van der Waals surface area contributed by atoms with E-state index in [9.17, 15) is 0 Å². The van der Waals surface area contributed by atoms with Crippen LogP contribution in [0.25, 0.3) is 0 Å². The van der Waals surface area contributed by atoms with Crippen molar-refractivity contribution in [1.82, 2.24) is 20.2 Å². The molecule has 24 heavy (non-hydrogen) atoms. The van der Waals surface area contributed by atoms with E-state index < -0.39 is 0 Å². The summed E-state index contributed by atoms with van der Waals surface area (Å²) < 4.78 is 0. The molecule has 0 aliphatic carbocycles. The molecule has 0 unspecified atom stereocenters. The number of rotatable bonds is 4. The molecule has 6 heteroatoms. The van der Waals surface area contributed by atoms with Gasteiger partial charge in [-0.25, -0.2) is 9.97 Å². The van der Waals surface area contributed by atoms with Gasteiger partial charge in [0.2, 0.25) is 0 Å². The summed E-state index contributed by atoms with van der Waals surface area (Å²) in [7, 11) is 0. The third-order valence-corrected chi connectivity index (χ3v) is 5.25. The number of nitrogens with one attached hydrogen (secondary N) is 1. The van der Waals surface area contributed by atoms with Gasteiger partial charge in [0.1, 0.15) is 11.6 Å². The summed E-state index contributed by atoms with van der Waals surface area (Å²) in [4.78, 5) is 12.3. The van der Waals surface area contributed by atoms with Gasteiger partial charge in [-0.3, -0.25) is 5.10 Å². The summed E-state index contributed by atoms with van der Waals surface area (Å²) in [6.45, 7) is 3.74. The second kappa shape index (κ2) is 6.65. The number of hydrogen-bond acceptors (Lipinski definition) is 5. The maximum absolute atomic E-state index is 4.56. The standard InChI is InChI=1S/C18H19N5S/c1-13-19-9-7-18(20-13)23-10-8-16-15(11-23)17(22-21-16)12-24-14-5-3-2-4-6-14/h2-7,9H,8,10-12H2,1H3,(H,21,22). The fourth-order valence-corrected chi connectivity index (χ4v) is 3.85. The molecule has 3 aromatic rings. The molecule has 1 aliphatic rings. The number of thioether (sulfide) groups is 1. The first-order chi connectivity index (χ1) is 11.8. The Kier molecular flexibility index (Phi) is 4.21. The van der Waals surface area contributed by atoms with E-state index in [0.29, 0.717) is 0 Å². The van der Waals surface area contributed by atoms with Crippen molar-refractivity contribution >= 4 is 17.6 Å². The van der Waals surface area contributed by atoms with E-state index in [1.165, 1.54) is 16.2 Å². The molecule has 4 rings (SSSR count). The van der Waals surface area contributed by atoms with Crippen molar-refractivity contribution in [3.05, 3.63) is 65.4 Å². The van der Waals surface area contributed by atoms with Gasteiger partial charge >= 0.3 is 0 Å². The smallest absolute Gasteiger partial charge is 0.132 e. The van der Waals surface area contributed by atoms with Crippen molar-refractivity contribution in [2.75, 3.05) is 11.4 Å². The second-order valence-corrected chi connectivity index (χ2v) is 6.91. The minimum Gasteiger partial charge on any atom is -0.352 e. The van der Waals surface area contributed by atoms with Gasteiger partial charge in [0.25, 0.3) is 0 Å². The van der Waals surface area contributed by atoms with Gasteiger partial charge in [0.05, 0.1) is 5.69 Å². The molecule has 2 aromatic heterocycles. The molecule has 5 nitrogen and oxygen atoms in total. The zero-order valence-corrected chi connectivity index (χ0v) is 14.4. The zero-order chi connectivity index (χ0) is 16.4. The van der Waals surface area contributed by atoms with Crippen LogP contribution in [-0.4, -0.2) is 26.7 Å². The maximum Gasteiger partial charge on any atom is 0.132 e. The minimum atomic E-state index is 0.811. The van der Waals surface area contributed by atoms with Crippen LogP contribution in [0.4, 0.5) is 5.82 Å². The third-order valence-electron chi connectivity index (χ3n) is 4.22. The quantitative estimate of drug-likeness (QED) is 0.740. The number of aromatic amines is 1. The highest BCUT2D eigenvalue weighted by atomic mass is 32.2. The summed E-state index contributed by atoms with van der Waals surface area (Å²) in [5.41, 5.74) is 3.73. The van der Waals surface area contributed by atoms with Crippen LogP contribution in [0.3, 0.4) is 0 Å². The average molecular weight is 337 g/mol. The number of anilines is 1. The van der Waals surface area contributed by atoms with Crippen molar-refractivity contribution < 1.29 is 0 Å². The molecule has 1 N–H and O–H groups in total. The van der Waals surface area contributed by atoms with Crippen molar-refractivity contribution in [3.63, 3.8) is 0 Å². The van der Waals surface area contributed by atoms with Crippen LogP contribution >= 0.6 is 11.8 Å². The number of aromatic nitrogens is 4. The van der Waals surface area contributed by atoms with Crippen LogP contribution < -0.4 is 4.90 Å². The summed E-state index contributed by atoms with van der Waals surface area (Å²) in [5, 5.41) is 7.78. The van der Waals surface area contributed by atoms with Crippen LogP contribution in [-0.2, 0) is 18.7 Å². The second-order valence-electron chi connectivity index (χ2n) is 5.86. The van der Waals surface area contributed by atoms with E-state index in [4.69, 9.17) is 0 Å². The van der Waals surface area contributed by atoms with Gasteiger partial charge in [-0.15, -0.1) is 11.8 Å². The number of hydrogen-bond donors (Lipinski definition) is 1. The minimum absolute atomic E-state index is 0.811. The normalized spacial score (nSPS) is 13.8. The lowest BCUT2D eigenvalue weighted by molar-refractivity contribution is 0.705. The molecule has 0 saturated carbocycles. The Morgan fingerprint density at radius 2 is 2.08 bits per heavy atom. The van der Waals surface area contributed by atoms with Gasteiger partial charge in [0, 0.05) is 47.6 Å². The molecular weight excluding hydrogens is 318 g/mol. The van der Waals surface area contributed by atoms with Gasteiger partial charge in [-0.1, -0.05) is 18.2 Å². The Morgan fingerprint density at radius 1 is 1.21 bits per heavy atom. The predicted molar refractivity (Wildman–Crippen MR) is 96.1 cm³/mol. The average Bonchev–Trinajstić information content (AvgIpc) is 3.03. The first-order valence-electron chi connectivity index (χ1n) is 8.07. The molecule has 0 fully saturated rings. The topological polar surface area (TPSA) is 57.7 Å². The Labute approximate surface area is 145 Å². The fourth-order valence-electron chi connectivity index (χ4n) is 2.96. The molecule has 1 aliphatic heterocycles. The summed E-state index contributed by atoms with van der Waals surface area (Å²) in [6.07, 6.45) is 2.80. The Morgan fingerprint density at radius 3 is 2.92 bits per heavy atom. The summed E-state index contributed by atoms with van der Waals surface area (Å²) >= 11 is 1.82. The van der Waals surface area contributed by atoms with Crippen molar-refractivity contribution in [2.24, 2.45) is 0 Å². The third kappa shape index (κ3) is 3.14. The van der Waals surface area contributed by atoms with E-state index in [1.807, 2.05) is 37.0 Å². The molecular formula is C18H19N5S. The number of fused-ring (bicyclic) bond motifs is 1. The highest BCUT2D eigenvalue weighted by molar-refractivity contribution is 7.98. The molecule has 1 aromatic carbocycles. The Balaban J connectivity index is 1.51. The van der Waals surface area contributed by atoms with Crippen LogP contribution in [0.1, 0.15) is 22.8 Å². The van der Waals surface area contributed by atoms with Gasteiger partial charge in [-0.2, -0.15) is 5.10 Å². The number of benzene rings is 1.